The van der Waals surface area contributed by atoms with Crippen LogP contribution in [0.3, 0.4) is 0 Å². The van der Waals surface area contributed by atoms with E-state index in [2.05, 4.69) is 5.32 Å². The minimum atomic E-state index is 0.176. The van der Waals surface area contributed by atoms with Crippen molar-refractivity contribution in [1.82, 2.24) is 10.2 Å². The summed E-state index contributed by atoms with van der Waals surface area (Å²) in [4.78, 5) is 14.0. The van der Waals surface area contributed by atoms with Crippen LogP contribution in [0.2, 0.25) is 10.0 Å². The van der Waals surface area contributed by atoms with Crippen molar-refractivity contribution < 1.29 is 9.53 Å². The molecular formula is C14H18Cl2N2O2. The van der Waals surface area contributed by atoms with Gasteiger partial charge < -0.3 is 15.0 Å². The maximum Gasteiger partial charge on any atom is 0.222 e. The van der Waals surface area contributed by atoms with E-state index in [4.69, 9.17) is 27.9 Å². The van der Waals surface area contributed by atoms with E-state index in [-0.39, 0.29) is 5.91 Å². The normalized spacial score (nSPS) is 15.2. The largest absolute Gasteiger partial charge is 0.494 e. The van der Waals surface area contributed by atoms with Crippen molar-refractivity contribution in [2.24, 2.45) is 0 Å². The minimum absolute atomic E-state index is 0.176. The molecule has 4 nitrogen and oxygen atoms in total. The Bertz CT molecular complexity index is 465. The summed E-state index contributed by atoms with van der Waals surface area (Å²) in [6, 6.07) is 3.61. The van der Waals surface area contributed by atoms with Crippen LogP contribution in [-0.4, -0.2) is 44.1 Å². The summed E-state index contributed by atoms with van der Waals surface area (Å²) < 4.78 is 5.11. The molecule has 1 aliphatic rings. The van der Waals surface area contributed by atoms with Crippen LogP contribution in [0.25, 0.3) is 0 Å². The fraction of sp³-hybridized carbons (Fsp3) is 0.500. The number of amides is 1. The molecule has 1 aromatic rings. The molecule has 1 aliphatic heterocycles. The third-order valence-electron chi connectivity index (χ3n) is 3.36. The molecule has 0 atom stereocenters. The van der Waals surface area contributed by atoms with Crippen LogP contribution in [0.4, 0.5) is 0 Å². The molecular weight excluding hydrogens is 299 g/mol. The monoisotopic (exact) mass is 316 g/mol. The first kappa shape index (κ1) is 15.4. The molecule has 1 heterocycles. The first-order valence-electron chi connectivity index (χ1n) is 6.62. The summed E-state index contributed by atoms with van der Waals surface area (Å²) in [5, 5.41) is 4.18. The third kappa shape index (κ3) is 3.78. The van der Waals surface area contributed by atoms with Gasteiger partial charge >= 0.3 is 0 Å². The fourth-order valence-electron chi connectivity index (χ4n) is 2.28. The fourth-order valence-corrected chi connectivity index (χ4v) is 2.96. The Labute approximate surface area is 129 Å². The average Bonchev–Trinajstić information content (AvgIpc) is 2.45. The standard InChI is InChI=1S/C14H18Cl2N2O2/c1-20-14-11(15)8-10(9-12(14)16)2-3-13(19)18-6-4-17-5-7-18/h8-9,17H,2-7H2,1H3. The van der Waals surface area contributed by atoms with E-state index in [1.54, 1.807) is 12.1 Å². The Morgan fingerprint density at radius 3 is 2.45 bits per heavy atom. The van der Waals surface area contributed by atoms with Crippen LogP contribution in [-0.2, 0) is 11.2 Å². The van der Waals surface area contributed by atoms with Crippen molar-refractivity contribution in [2.45, 2.75) is 12.8 Å². The molecule has 20 heavy (non-hydrogen) atoms. The van der Waals surface area contributed by atoms with Gasteiger partial charge in [-0.15, -0.1) is 0 Å². The molecule has 0 bridgehead atoms. The first-order valence-corrected chi connectivity index (χ1v) is 7.38. The Balaban J connectivity index is 1.95. The highest BCUT2D eigenvalue weighted by Gasteiger charge is 2.16. The second-order valence-corrected chi connectivity index (χ2v) is 5.54. The average molecular weight is 317 g/mol. The summed E-state index contributed by atoms with van der Waals surface area (Å²) in [6.07, 6.45) is 1.10. The van der Waals surface area contributed by atoms with E-state index in [1.165, 1.54) is 7.11 Å². The van der Waals surface area contributed by atoms with E-state index in [1.807, 2.05) is 4.90 Å². The maximum absolute atomic E-state index is 12.1. The van der Waals surface area contributed by atoms with Crippen LogP contribution in [0.1, 0.15) is 12.0 Å². The van der Waals surface area contributed by atoms with Crippen LogP contribution in [0.15, 0.2) is 12.1 Å². The number of nitrogens with zero attached hydrogens (tertiary/aromatic N) is 1. The lowest BCUT2D eigenvalue weighted by Gasteiger charge is -2.27. The van der Waals surface area contributed by atoms with Gasteiger partial charge in [0.25, 0.3) is 0 Å². The Morgan fingerprint density at radius 2 is 1.90 bits per heavy atom. The van der Waals surface area contributed by atoms with E-state index in [0.717, 1.165) is 31.7 Å². The number of aryl methyl sites for hydroxylation is 1. The van der Waals surface area contributed by atoms with Crippen molar-refractivity contribution >= 4 is 29.1 Å². The molecule has 0 unspecified atom stereocenters. The number of methoxy groups -OCH3 is 1. The number of carbonyl (C=O) groups excluding carboxylic acids is 1. The number of hydrogen-bond donors (Lipinski definition) is 1. The lowest BCUT2D eigenvalue weighted by molar-refractivity contribution is -0.131. The van der Waals surface area contributed by atoms with Gasteiger partial charge in [-0.25, -0.2) is 0 Å². The topological polar surface area (TPSA) is 41.6 Å². The van der Waals surface area contributed by atoms with E-state index in [9.17, 15) is 4.79 Å². The molecule has 1 saturated heterocycles. The molecule has 2 rings (SSSR count). The molecule has 1 N–H and O–H groups in total. The summed E-state index contributed by atoms with van der Waals surface area (Å²) in [6.45, 7) is 3.30. The van der Waals surface area contributed by atoms with Gasteiger partial charge in [0, 0.05) is 32.6 Å². The summed E-state index contributed by atoms with van der Waals surface area (Å²) in [5.41, 5.74) is 0.948. The van der Waals surface area contributed by atoms with Gasteiger partial charge in [0.1, 0.15) is 0 Å². The lowest BCUT2D eigenvalue weighted by atomic mass is 10.1. The number of piperazine rings is 1. The molecule has 1 fully saturated rings. The second kappa shape index (κ2) is 7.16. The predicted molar refractivity (Wildman–Crippen MR) is 80.8 cm³/mol. The van der Waals surface area contributed by atoms with Gasteiger partial charge in [-0.1, -0.05) is 23.2 Å². The molecule has 0 aromatic heterocycles. The van der Waals surface area contributed by atoms with Crippen LogP contribution < -0.4 is 10.1 Å². The van der Waals surface area contributed by atoms with Gasteiger partial charge in [0.05, 0.1) is 17.2 Å². The van der Waals surface area contributed by atoms with Crippen molar-refractivity contribution in [1.29, 1.82) is 0 Å². The molecule has 0 saturated carbocycles. The summed E-state index contributed by atoms with van der Waals surface area (Å²) in [7, 11) is 1.53. The number of ether oxygens (including phenoxy) is 1. The molecule has 110 valence electrons. The molecule has 1 amide bonds. The predicted octanol–water partition coefficient (Wildman–Crippen LogP) is 2.37. The second-order valence-electron chi connectivity index (χ2n) is 4.72. The highest BCUT2D eigenvalue weighted by Crippen LogP contribution is 2.34. The van der Waals surface area contributed by atoms with Gasteiger partial charge in [-0.2, -0.15) is 0 Å². The maximum atomic E-state index is 12.1. The number of nitrogens with one attached hydrogen (secondary N) is 1. The number of halogens is 2. The highest BCUT2D eigenvalue weighted by molar-refractivity contribution is 6.37. The van der Waals surface area contributed by atoms with Crippen molar-refractivity contribution in [3.05, 3.63) is 27.7 Å². The van der Waals surface area contributed by atoms with E-state index in [0.29, 0.717) is 28.6 Å². The Kier molecular flexibility index (Phi) is 5.52. The van der Waals surface area contributed by atoms with Crippen LogP contribution in [0.5, 0.6) is 5.75 Å². The van der Waals surface area contributed by atoms with Crippen molar-refractivity contribution in [2.75, 3.05) is 33.3 Å². The molecule has 1 aromatic carbocycles. The molecule has 0 radical (unpaired) electrons. The zero-order valence-corrected chi connectivity index (χ0v) is 12.9. The highest BCUT2D eigenvalue weighted by atomic mass is 35.5. The number of hydrogen-bond acceptors (Lipinski definition) is 3. The quantitative estimate of drug-likeness (QED) is 0.927. The summed E-state index contributed by atoms with van der Waals surface area (Å²) in [5.74, 6) is 0.653. The van der Waals surface area contributed by atoms with Crippen molar-refractivity contribution in [3.8, 4) is 5.75 Å². The smallest absolute Gasteiger partial charge is 0.222 e. The van der Waals surface area contributed by atoms with Crippen LogP contribution in [0, 0.1) is 0 Å². The zero-order valence-electron chi connectivity index (χ0n) is 11.4. The van der Waals surface area contributed by atoms with Gasteiger partial charge in [0.15, 0.2) is 5.75 Å². The van der Waals surface area contributed by atoms with Crippen molar-refractivity contribution in [3.63, 3.8) is 0 Å². The van der Waals surface area contributed by atoms with Gasteiger partial charge in [-0.05, 0) is 24.1 Å². The van der Waals surface area contributed by atoms with Crippen LogP contribution >= 0.6 is 23.2 Å². The Morgan fingerprint density at radius 1 is 1.30 bits per heavy atom. The van der Waals surface area contributed by atoms with E-state index >= 15 is 0 Å². The number of carbonyl (C=O) groups is 1. The number of benzene rings is 1. The lowest BCUT2D eigenvalue weighted by Crippen LogP contribution is -2.46. The molecule has 6 heteroatoms. The van der Waals surface area contributed by atoms with Gasteiger partial charge in [0.2, 0.25) is 5.91 Å². The molecule has 0 aliphatic carbocycles. The minimum Gasteiger partial charge on any atom is -0.494 e. The number of rotatable bonds is 4. The Hall–Kier alpha value is -0.970. The first-order chi connectivity index (χ1) is 9.61. The zero-order chi connectivity index (χ0) is 14.5. The molecule has 0 spiro atoms. The summed E-state index contributed by atoms with van der Waals surface area (Å²) >= 11 is 12.2. The van der Waals surface area contributed by atoms with E-state index < -0.39 is 0 Å². The van der Waals surface area contributed by atoms with Gasteiger partial charge in [-0.3, -0.25) is 4.79 Å². The SMILES string of the molecule is COc1c(Cl)cc(CCC(=O)N2CCNCC2)cc1Cl. The third-order valence-corrected chi connectivity index (χ3v) is 3.92.